The third kappa shape index (κ3) is 62.8. The van der Waals surface area contributed by atoms with Crippen LogP contribution in [0.5, 0.6) is 0 Å². The molecule has 117 valence electrons. The van der Waals surface area contributed by atoms with E-state index in [4.69, 9.17) is 31.8 Å². The molecular weight excluding hydrogens is 622 g/mol. The Bertz CT molecular complexity index is 96.3. The third-order valence-electron chi connectivity index (χ3n) is 0.820. The summed E-state index contributed by atoms with van der Waals surface area (Å²) in [6.07, 6.45) is 0. The van der Waals surface area contributed by atoms with Gasteiger partial charge in [-0.05, 0) is 0 Å². The van der Waals surface area contributed by atoms with Crippen LogP contribution in [0.3, 0.4) is 0 Å². The number of aliphatic hydroxyl groups is 1. The summed E-state index contributed by atoms with van der Waals surface area (Å²) in [5.41, 5.74) is 15.1. The molecule has 0 atom stereocenters. The van der Waals surface area contributed by atoms with Crippen molar-refractivity contribution in [1.29, 1.82) is 0 Å². The maximum atomic E-state index is 7.75. The number of ether oxygens (including phenoxy) is 2. The van der Waals surface area contributed by atoms with Crippen LogP contribution in [0.4, 0.5) is 0 Å². The van der Waals surface area contributed by atoms with E-state index in [-0.39, 0.29) is 36.1 Å². The first-order valence-corrected chi connectivity index (χ1v) is 13.5. The Kier molecular flexibility index (Phi) is 77.0. The van der Waals surface area contributed by atoms with Crippen LogP contribution in [0.2, 0.25) is 0 Å². The van der Waals surface area contributed by atoms with Crippen molar-refractivity contribution in [2.45, 2.75) is 0 Å². The van der Waals surface area contributed by atoms with E-state index in [2.05, 4.69) is 40.0 Å². The van der Waals surface area contributed by atoms with Crippen molar-refractivity contribution < 1.29 is 29.5 Å². The van der Waals surface area contributed by atoms with Gasteiger partial charge in [0.05, 0.1) is 19.8 Å². The molecule has 0 fully saturated rings. The fraction of sp³-hybridized carbons (Fsp3) is 1.00. The van der Waals surface area contributed by atoms with Crippen molar-refractivity contribution in [2.75, 3.05) is 46.2 Å². The zero-order valence-corrected chi connectivity index (χ0v) is 18.1. The number of nitrogens with two attached hydrogens (primary N) is 3. The summed E-state index contributed by atoms with van der Waals surface area (Å²) >= 11 is 4.74. The monoisotopic (exact) mass is 646 g/mol. The molecule has 0 bridgehead atoms. The van der Waals surface area contributed by atoms with Gasteiger partial charge in [0.15, 0.2) is 0 Å². The number of rotatable bonds is 7. The van der Waals surface area contributed by atoms with E-state index in [0.29, 0.717) is 49.1 Å². The Morgan fingerprint density at radius 2 is 1.22 bits per heavy atom. The summed E-state index contributed by atoms with van der Waals surface area (Å²) in [7, 11) is 0.628. The van der Waals surface area contributed by atoms with Crippen LogP contribution in [0.15, 0.2) is 0 Å². The summed E-state index contributed by atoms with van der Waals surface area (Å²) in [5.74, 6) is 0. The van der Waals surface area contributed by atoms with Crippen molar-refractivity contribution in [3.05, 3.63) is 0 Å². The second-order valence-corrected chi connectivity index (χ2v) is 13.9. The normalized spacial score (nSPS) is 7.44. The van der Waals surface area contributed by atoms with Gasteiger partial charge in [0.1, 0.15) is 6.79 Å². The van der Waals surface area contributed by atoms with Gasteiger partial charge in [-0.2, -0.15) is 0 Å². The zero-order chi connectivity index (χ0) is 13.1. The van der Waals surface area contributed by atoms with Gasteiger partial charge < -0.3 is 37.3 Å². The molecule has 0 rings (SSSR count). The van der Waals surface area contributed by atoms with Crippen LogP contribution in [0.1, 0.15) is 0 Å². The van der Waals surface area contributed by atoms with E-state index >= 15 is 0 Å². The molecule has 0 saturated carbocycles. The quantitative estimate of drug-likeness (QED) is 0.165. The molecule has 0 aliphatic carbocycles. The van der Waals surface area contributed by atoms with Crippen LogP contribution < -0.4 is 17.2 Å². The fourth-order valence-electron chi connectivity index (χ4n) is 0.343. The molecule has 9 N–H and O–H groups in total. The molecule has 7 nitrogen and oxygen atoms in total. The Hall–Kier alpha value is 2.49. The number of aliphatic hydroxyl groups excluding tert-OH is 1. The fourth-order valence-corrected chi connectivity index (χ4v) is 0.343. The van der Waals surface area contributed by atoms with Crippen LogP contribution in [-0.4, -0.2) is 56.8 Å². The van der Waals surface area contributed by atoms with Gasteiger partial charge in [0.25, 0.3) is 0 Å². The van der Waals surface area contributed by atoms with Gasteiger partial charge in [-0.3, -0.25) is 0 Å². The first-order valence-electron chi connectivity index (χ1n) is 4.53. The average Bonchev–Trinajstić information content (AvgIpc) is 2.30. The summed E-state index contributed by atoms with van der Waals surface area (Å²) in [5, 5.41) is 7.75. The molecule has 0 unspecified atom stereocenters. The van der Waals surface area contributed by atoms with Crippen LogP contribution in [-0.2, 0) is 18.9 Å². The molecule has 0 amide bonds. The van der Waals surface area contributed by atoms with Crippen molar-refractivity contribution in [2.24, 2.45) is 17.2 Å². The summed E-state index contributed by atoms with van der Waals surface area (Å²) in [6, 6.07) is 0. The van der Waals surface area contributed by atoms with Crippen LogP contribution >= 0.6 is 63.9 Å². The molecule has 0 aliphatic heterocycles. The molecule has 0 aromatic heterocycles. The molecular formula is C7H24I3N3O4V. The first kappa shape index (κ1) is 32.4. The summed E-state index contributed by atoms with van der Waals surface area (Å²) < 4.78 is 9.76. The minimum absolute atomic E-state index is 0. The second kappa shape index (κ2) is 42.7. The van der Waals surface area contributed by atoms with E-state index in [9.17, 15) is 0 Å². The molecule has 0 aromatic rings. The van der Waals surface area contributed by atoms with E-state index in [1.807, 2.05) is 0 Å². The first-order chi connectivity index (χ1) is 7.74. The Labute approximate surface area is 155 Å². The Morgan fingerprint density at radius 3 is 1.39 bits per heavy atom. The molecule has 0 saturated heterocycles. The van der Waals surface area contributed by atoms with Gasteiger partial charge in [0.2, 0.25) is 0 Å². The van der Waals surface area contributed by atoms with Crippen LogP contribution in [0.25, 0.3) is 0 Å². The molecule has 0 aliphatic rings. The minimum atomic E-state index is 0. The Morgan fingerprint density at radius 1 is 0.944 bits per heavy atom. The van der Waals surface area contributed by atoms with Gasteiger partial charge in [-0.25, -0.2) is 0 Å². The van der Waals surface area contributed by atoms with E-state index in [0.717, 1.165) is 0 Å². The predicted octanol–water partition coefficient (Wildman–Crippen LogP) is -0.606. The topological polar surface area (TPSA) is 148 Å². The Balaban J connectivity index is -0.0000000536. The molecule has 0 spiro atoms. The van der Waals surface area contributed by atoms with Gasteiger partial charge in [-0.15, -0.1) is 24.0 Å². The molecule has 11 heteroatoms. The standard InChI is InChI=1S/C5H14N2O2.C2H7NO.3HI.H2O.V/c6-1-3-8-5-9-4-2-7;3-1-2-4;;;;;/h1-7H2;4H,1-3H2;3*1H;1H2;/q;;;;;;+2/p-2. The zero-order valence-electron chi connectivity index (χ0n) is 10.1. The molecule has 0 radical (unpaired) electrons. The predicted molar refractivity (Wildman–Crippen MR) is 98.1 cm³/mol. The second-order valence-electron chi connectivity index (χ2n) is 2.09. The third-order valence-corrected chi connectivity index (χ3v) is 0.820. The molecule has 0 aromatic carbocycles. The summed E-state index contributed by atoms with van der Waals surface area (Å²) in [6.45, 7) is 2.93. The van der Waals surface area contributed by atoms with Crippen molar-refractivity contribution in [3.63, 3.8) is 0 Å². The van der Waals surface area contributed by atoms with Crippen molar-refractivity contribution in [3.8, 4) is 0 Å². The maximum absolute atomic E-state index is 7.75. The SMILES string of the molecule is I.NCCO.NCCOCOCCN.O.[I][V][I]. The van der Waals surface area contributed by atoms with Gasteiger partial charge in [0, 0.05) is 19.6 Å². The van der Waals surface area contributed by atoms with E-state index in [1.54, 1.807) is 0 Å². The van der Waals surface area contributed by atoms with Crippen molar-refractivity contribution >= 4 is 63.9 Å². The number of hydrogen-bond donors (Lipinski definition) is 4. The average molecular weight is 646 g/mol. The summed E-state index contributed by atoms with van der Waals surface area (Å²) in [4.78, 5) is 0. The van der Waals surface area contributed by atoms with E-state index < -0.39 is 0 Å². The number of hydrogen-bond acceptors (Lipinski definition) is 6. The van der Waals surface area contributed by atoms with Crippen LogP contribution in [0, 0.1) is 0 Å². The van der Waals surface area contributed by atoms with Crippen molar-refractivity contribution in [1.82, 2.24) is 0 Å². The molecule has 18 heavy (non-hydrogen) atoms. The van der Waals surface area contributed by atoms with Gasteiger partial charge in [-0.1, -0.05) is 0 Å². The molecule has 0 heterocycles. The van der Waals surface area contributed by atoms with Gasteiger partial charge >= 0.3 is 49.4 Å². The number of halogens is 3. The van der Waals surface area contributed by atoms with E-state index in [1.165, 1.54) is 0 Å².